The predicted molar refractivity (Wildman–Crippen MR) is 68.2 cm³/mol. The average Bonchev–Trinajstić information content (AvgIpc) is 2.42. The number of nitrogens with zero attached hydrogens (tertiary/aromatic N) is 1. The van der Waals surface area contributed by atoms with Gasteiger partial charge in [0, 0.05) is 12.2 Å². The number of carbonyl (C=O) groups is 2. The molecule has 2 amide bonds. The van der Waals surface area contributed by atoms with Crippen LogP contribution in [0.3, 0.4) is 0 Å². The van der Waals surface area contributed by atoms with Gasteiger partial charge in [0.2, 0.25) is 0 Å². The molecule has 1 aromatic rings. The Balaban J connectivity index is 2.21. The molecule has 0 aliphatic carbocycles. The van der Waals surface area contributed by atoms with Gasteiger partial charge in [0.25, 0.3) is 0 Å². The highest BCUT2D eigenvalue weighted by Gasteiger charge is 2.34. The standard InChI is InChI=1S/C13H13F3N2O3/c14-13(15,16)7-17-12(21)18-6-5-9(11(19)20)8-3-1-2-4-10(8)18/h1-4,9H,5-7H2,(H,17,21)(H,19,20). The Labute approximate surface area is 118 Å². The molecule has 0 saturated heterocycles. The van der Waals surface area contributed by atoms with Gasteiger partial charge in [-0.25, -0.2) is 4.79 Å². The molecule has 2 rings (SSSR count). The molecule has 2 N–H and O–H groups in total. The first-order valence-electron chi connectivity index (χ1n) is 6.23. The van der Waals surface area contributed by atoms with Crippen molar-refractivity contribution in [2.45, 2.75) is 18.5 Å². The molecule has 8 heteroatoms. The number of anilines is 1. The van der Waals surface area contributed by atoms with Gasteiger partial charge in [-0.3, -0.25) is 9.69 Å². The number of amides is 2. The monoisotopic (exact) mass is 302 g/mol. The number of fused-ring (bicyclic) bond motifs is 1. The first kappa shape index (κ1) is 15.1. The second-order valence-electron chi connectivity index (χ2n) is 4.66. The second kappa shape index (κ2) is 5.63. The summed E-state index contributed by atoms with van der Waals surface area (Å²) in [6.07, 6.45) is -4.33. The van der Waals surface area contributed by atoms with E-state index in [1.54, 1.807) is 23.5 Å². The van der Waals surface area contributed by atoms with Crippen LogP contribution in [0.25, 0.3) is 0 Å². The van der Waals surface area contributed by atoms with E-state index < -0.39 is 30.6 Å². The molecule has 0 bridgehead atoms. The minimum Gasteiger partial charge on any atom is -0.481 e. The quantitative estimate of drug-likeness (QED) is 0.881. The van der Waals surface area contributed by atoms with Crippen molar-refractivity contribution in [3.63, 3.8) is 0 Å². The van der Waals surface area contributed by atoms with E-state index in [2.05, 4.69) is 0 Å². The van der Waals surface area contributed by atoms with Gasteiger partial charge in [-0.2, -0.15) is 13.2 Å². The highest BCUT2D eigenvalue weighted by molar-refractivity contribution is 5.95. The molecule has 1 atom stereocenters. The summed E-state index contributed by atoms with van der Waals surface area (Å²) in [7, 11) is 0. The third kappa shape index (κ3) is 3.45. The lowest BCUT2D eigenvalue weighted by Crippen LogP contribution is -2.46. The van der Waals surface area contributed by atoms with Crippen LogP contribution in [0.4, 0.5) is 23.7 Å². The average molecular weight is 302 g/mol. The molecular formula is C13H13F3N2O3. The molecule has 1 aliphatic heterocycles. The minimum atomic E-state index is -4.49. The van der Waals surface area contributed by atoms with Crippen molar-refractivity contribution in [1.82, 2.24) is 5.32 Å². The van der Waals surface area contributed by atoms with Gasteiger partial charge < -0.3 is 10.4 Å². The molecule has 0 spiro atoms. The van der Waals surface area contributed by atoms with Gasteiger partial charge in [0.05, 0.1) is 5.92 Å². The molecule has 0 aromatic heterocycles. The van der Waals surface area contributed by atoms with E-state index in [9.17, 15) is 22.8 Å². The molecule has 1 aromatic carbocycles. The van der Waals surface area contributed by atoms with Gasteiger partial charge in [-0.1, -0.05) is 18.2 Å². The zero-order valence-corrected chi connectivity index (χ0v) is 10.9. The summed E-state index contributed by atoms with van der Waals surface area (Å²) in [4.78, 5) is 24.2. The van der Waals surface area contributed by atoms with Crippen LogP contribution in [0.15, 0.2) is 24.3 Å². The smallest absolute Gasteiger partial charge is 0.405 e. The summed E-state index contributed by atoms with van der Waals surface area (Å²) >= 11 is 0. The molecular weight excluding hydrogens is 289 g/mol. The van der Waals surface area contributed by atoms with E-state index in [4.69, 9.17) is 5.11 Å². The summed E-state index contributed by atoms with van der Waals surface area (Å²) in [6.45, 7) is -1.37. The first-order chi connectivity index (χ1) is 9.79. The number of benzene rings is 1. The normalized spacial score (nSPS) is 18.0. The summed E-state index contributed by atoms with van der Waals surface area (Å²) in [5.41, 5.74) is 0.759. The number of hydrogen-bond donors (Lipinski definition) is 2. The number of rotatable bonds is 2. The van der Waals surface area contributed by atoms with Gasteiger partial charge in [-0.05, 0) is 18.1 Å². The number of para-hydroxylation sites is 1. The van der Waals surface area contributed by atoms with Crippen molar-refractivity contribution in [1.29, 1.82) is 0 Å². The third-order valence-corrected chi connectivity index (χ3v) is 3.23. The number of urea groups is 1. The SMILES string of the molecule is O=C(O)C1CCN(C(=O)NCC(F)(F)F)c2ccccc21. The van der Waals surface area contributed by atoms with E-state index in [1.807, 2.05) is 0 Å². The number of alkyl halides is 3. The Morgan fingerprint density at radius 2 is 2.00 bits per heavy atom. The molecule has 5 nitrogen and oxygen atoms in total. The summed E-state index contributed by atoms with van der Waals surface area (Å²) in [6, 6.07) is 5.44. The summed E-state index contributed by atoms with van der Waals surface area (Å²) in [5, 5.41) is 10.9. The molecule has 1 aliphatic rings. The Hall–Kier alpha value is -2.25. The van der Waals surface area contributed by atoms with Gasteiger partial charge in [0.1, 0.15) is 6.54 Å². The van der Waals surface area contributed by atoms with Crippen molar-refractivity contribution >= 4 is 17.7 Å². The van der Waals surface area contributed by atoms with Crippen molar-refractivity contribution in [3.8, 4) is 0 Å². The van der Waals surface area contributed by atoms with Gasteiger partial charge in [-0.15, -0.1) is 0 Å². The minimum absolute atomic E-state index is 0.0532. The third-order valence-electron chi connectivity index (χ3n) is 3.23. The molecule has 1 heterocycles. The molecule has 114 valence electrons. The largest absolute Gasteiger partial charge is 0.481 e. The number of aliphatic carboxylic acids is 1. The van der Waals surface area contributed by atoms with Crippen LogP contribution >= 0.6 is 0 Å². The van der Waals surface area contributed by atoms with E-state index in [0.29, 0.717) is 11.3 Å². The maximum atomic E-state index is 12.1. The number of nitrogens with one attached hydrogen (secondary N) is 1. The van der Waals surface area contributed by atoms with E-state index in [-0.39, 0.29) is 13.0 Å². The summed E-state index contributed by atoms with van der Waals surface area (Å²) in [5.74, 6) is -1.77. The highest BCUT2D eigenvalue weighted by Crippen LogP contribution is 2.35. The van der Waals surface area contributed by atoms with Gasteiger partial charge in [0.15, 0.2) is 0 Å². The zero-order valence-electron chi connectivity index (χ0n) is 10.9. The van der Waals surface area contributed by atoms with Crippen molar-refractivity contribution in [3.05, 3.63) is 29.8 Å². The van der Waals surface area contributed by atoms with Crippen molar-refractivity contribution in [2.24, 2.45) is 0 Å². The van der Waals surface area contributed by atoms with Crippen LogP contribution in [0.1, 0.15) is 17.9 Å². The molecule has 0 radical (unpaired) electrons. The lowest BCUT2D eigenvalue weighted by atomic mass is 9.90. The topological polar surface area (TPSA) is 69.6 Å². The Morgan fingerprint density at radius 1 is 1.33 bits per heavy atom. The Kier molecular flexibility index (Phi) is 4.06. The van der Waals surface area contributed by atoms with Crippen LogP contribution in [-0.4, -0.2) is 36.4 Å². The lowest BCUT2D eigenvalue weighted by molar-refractivity contribution is -0.139. The fraction of sp³-hybridized carbons (Fsp3) is 0.385. The van der Waals surface area contributed by atoms with Crippen molar-refractivity contribution in [2.75, 3.05) is 18.0 Å². The van der Waals surface area contributed by atoms with Gasteiger partial charge >= 0.3 is 18.2 Å². The van der Waals surface area contributed by atoms with Crippen LogP contribution < -0.4 is 10.2 Å². The number of halogens is 3. The second-order valence-corrected chi connectivity index (χ2v) is 4.66. The van der Waals surface area contributed by atoms with Crippen LogP contribution in [0.2, 0.25) is 0 Å². The molecule has 21 heavy (non-hydrogen) atoms. The first-order valence-corrected chi connectivity index (χ1v) is 6.23. The molecule has 0 saturated carbocycles. The number of hydrogen-bond acceptors (Lipinski definition) is 2. The van der Waals surface area contributed by atoms with E-state index >= 15 is 0 Å². The fourth-order valence-corrected chi connectivity index (χ4v) is 2.30. The lowest BCUT2D eigenvalue weighted by Gasteiger charge is -2.32. The van der Waals surface area contributed by atoms with Crippen LogP contribution in [-0.2, 0) is 4.79 Å². The van der Waals surface area contributed by atoms with Crippen LogP contribution in [0.5, 0.6) is 0 Å². The number of carbonyl (C=O) groups excluding carboxylic acids is 1. The van der Waals surface area contributed by atoms with E-state index in [1.165, 1.54) is 6.07 Å². The Morgan fingerprint density at radius 3 is 2.62 bits per heavy atom. The number of carboxylic acid groups (broad SMARTS) is 1. The predicted octanol–water partition coefficient (Wildman–Crippen LogP) is 2.34. The number of carboxylic acids is 1. The zero-order chi connectivity index (χ0) is 15.6. The maximum absolute atomic E-state index is 12.1. The molecule has 1 unspecified atom stereocenters. The Bertz CT molecular complexity index is 560. The van der Waals surface area contributed by atoms with Crippen molar-refractivity contribution < 1.29 is 27.9 Å². The van der Waals surface area contributed by atoms with Crippen LogP contribution in [0, 0.1) is 0 Å². The fourth-order valence-electron chi connectivity index (χ4n) is 2.30. The maximum Gasteiger partial charge on any atom is 0.405 e. The molecule has 0 fully saturated rings. The highest BCUT2D eigenvalue weighted by atomic mass is 19.4. The summed E-state index contributed by atoms with van der Waals surface area (Å²) < 4.78 is 36.4. The van der Waals surface area contributed by atoms with E-state index in [0.717, 1.165) is 4.90 Å².